The van der Waals surface area contributed by atoms with Crippen LogP contribution in [0.2, 0.25) is 0 Å². The van der Waals surface area contributed by atoms with Gasteiger partial charge in [0.05, 0.1) is 22.5 Å². The van der Waals surface area contributed by atoms with Crippen molar-refractivity contribution in [1.82, 2.24) is 0 Å². The van der Waals surface area contributed by atoms with Crippen LogP contribution < -0.4 is 21.7 Å². The molecule has 0 spiro atoms. The highest BCUT2D eigenvalue weighted by molar-refractivity contribution is 6.32. The first-order chi connectivity index (χ1) is 15.6. The Morgan fingerprint density at radius 1 is 0.970 bits per heavy atom. The standard InChI is InChI=1S/C24H19F3N4O2/c1-13(21-17-12-15(24(25,26)27)8-11-19(17)30-23(21)33)29-16-9-6-14(7-10-16)22(32)31-20-5-3-2-4-18(20)28/h2-12,29H,28H2,1H3,(H,30,33)(H,31,32)/b21-13-. The number of benzene rings is 3. The summed E-state index contributed by atoms with van der Waals surface area (Å²) >= 11 is 0. The third-order valence-electron chi connectivity index (χ3n) is 5.15. The molecular weight excluding hydrogens is 433 g/mol. The zero-order valence-corrected chi connectivity index (χ0v) is 17.4. The zero-order valence-electron chi connectivity index (χ0n) is 17.4. The third kappa shape index (κ3) is 4.52. The molecule has 0 unspecified atom stereocenters. The van der Waals surface area contributed by atoms with E-state index in [0.717, 1.165) is 12.1 Å². The Balaban J connectivity index is 1.55. The highest BCUT2D eigenvalue weighted by atomic mass is 19.4. The summed E-state index contributed by atoms with van der Waals surface area (Å²) in [5.41, 5.74) is 7.87. The SMILES string of the molecule is C/C(Nc1ccc(C(=O)Nc2ccccc2N)cc1)=C1/C(=O)Nc2ccc(C(F)(F)F)cc21. The third-order valence-corrected chi connectivity index (χ3v) is 5.15. The van der Waals surface area contributed by atoms with Crippen LogP contribution in [0.5, 0.6) is 0 Å². The first kappa shape index (κ1) is 21.9. The van der Waals surface area contributed by atoms with Crippen molar-refractivity contribution in [2.45, 2.75) is 13.1 Å². The van der Waals surface area contributed by atoms with Gasteiger partial charge in [-0.25, -0.2) is 0 Å². The number of allylic oxidation sites excluding steroid dienone is 1. The molecule has 5 N–H and O–H groups in total. The molecule has 0 fully saturated rings. The highest BCUT2D eigenvalue weighted by Crippen LogP contribution is 2.39. The number of nitrogens with one attached hydrogen (secondary N) is 3. The first-order valence-corrected chi connectivity index (χ1v) is 9.90. The number of fused-ring (bicyclic) bond motifs is 1. The second kappa shape index (κ2) is 8.34. The fourth-order valence-electron chi connectivity index (χ4n) is 3.51. The predicted molar refractivity (Wildman–Crippen MR) is 122 cm³/mol. The Bertz CT molecular complexity index is 1280. The van der Waals surface area contributed by atoms with Gasteiger partial charge in [0, 0.05) is 28.2 Å². The fourth-order valence-corrected chi connectivity index (χ4v) is 3.51. The molecule has 3 aromatic carbocycles. The van der Waals surface area contributed by atoms with Crippen molar-refractivity contribution in [3.8, 4) is 0 Å². The molecule has 2 amide bonds. The number of alkyl halides is 3. The number of rotatable bonds is 4. The Morgan fingerprint density at radius 3 is 2.33 bits per heavy atom. The minimum Gasteiger partial charge on any atom is -0.397 e. The molecular formula is C24H19F3N4O2. The second-order valence-electron chi connectivity index (χ2n) is 7.46. The van der Waals surface area contributed by atoms with Crippen molar-refractivity contribution >= 4 is 40.1 Å². The number of hydrogen-bond acceptors (Lipinski definition) is 4. The fraction of sp³-hybridized carbons (Fsp3) is 0.0833. The number of carbonyl (C=O) groups is 2. The molecule has 168 valence electrons. The topological polar surface area (TPSA) is 96.2 Å². The van der Waals surface area contributed by atoms with E-state index in [4.69, 9.17) is 5.73 Å². The van der Waals surface area contributed by atoms with Crippen LogP contribution in [0.15, 0.2) is 72.4 Å². The van der Waals surface area contributed by atoms with E-state index in [1.165, 1.54) is 6.07 Å². The van der Waals surface area contributed by atoms with Crippen molar-refractivity contribution in [3.05, 3.63) is 89.1 Å². The largest absolute Gasteiger partial charge is 0.416 e. The van der Waals surface area contributed by atoms with Gasteiger partial charge in [0.2, 0.25) is 0 Å². The Morgan fingerprint density at radius 2 is 1.67 bits per heavy atom. The Kier molecular flexibility index (Phi) is 5.55. The number of nitrogen functional groups attached to an aromatic ring is 1. The molecule has 3 aromatic rings. The Labute approximate surface area is 187 Å². The lowest BCUT2D eigenvalue weighted by atomic mass is 10.0. The van der Waals surface area contributed by atoms with Gasteiger partial charge in [-0.2, -0.15) is 13.2 Å². The number of para-hydroxylation sites is 2. The minimum atomic E-state index is -4.52. The van der Waals surface area contributed by atoms with Gasteiger partial charge in [-0.1, -0.05) is 12.1 Å². The summed E-state index contributed by atoms with van der Waals surface area (Å²) in [5.74, 6) is -0.843. The number of halogens is 3. The summed E-state index contributed by atoms with van der Waals surface area (Å²) < 4.78 is 39.3. The molecule has 33 heavy (non-hydrogen) atoms. The molecule has 1 heterocycles. The van der Waals surface area contributed by atoms with Crippen LogP contribution in [0.3, 0.4) is 0 Å². The molecule has 0 saturated carbocycles. The van der Waals surface area contributed by atoms with Gasteiger partial charge in [0.1, 0.15) is 0 Å². The van der Waals surface area contributed by atoms with Crippen molar-refractivity contribution in [2.75, 3.05) is 21.7 Å². The maximum Gasteiger partial charge on any atom is 0.416 e. The van der Waals surface area contributed by atoms with Gasteiger partial charge >= 0.3 is 6.18 Å². The molecule has 0 atom stereocenters. The smallest absolute Gasteiger partial charge is 0.397 e. The summed E-state index contributed by atoms with van der Waals surface area (Å²) in [6.45, 7) is 1.60. The van der Waals surface area contributed by atoms with Gasteiger partial charge in [-0.05, 0) is 61.5 Å². The van der Waals surface area contributed by atoms with Crippen molar-refractivity contribution in [1.29, 1.82) is 0 Å². The number of amides is 2. The van der Waals surface area contributed by atoms with E-state index in [1.54, 1.807) is 55.5 Å². The highest BCUT2D eigenvalue weighted by Gasteiger charge is 2.34. The van der Waals surface area contributed by atoms with Gasteiger partial charge < -0.3 is 21.7 Å². The lowest BCUT2D eigenvalue weighted by molar-refractivity contribution is -0.137. The quantitative estimate of drug-likeness (QED) is 0.318. The summed E-state index contributed by atoms with van der Waals surface area (Å²) in [7, 11) is 0. The summed E-state index contributed by atoms with van der Waals surface area (Å²) in [6.07, 6.45) is -4.52. The van der Waals surface area contributed by atoms with Crippen molar-refractivity contribution in [3.63, 3.8) is 0 Å². The summed E-state index contributed by atoms with van der Waals surface area (Å²) in [5, 5.41) is 8.33. The maximum atomic E-state index is 13.1. The van der Waals surface area contributed by atoms with Crippen molar-refractivity contribution < 1.29 is 22.8 Å². The van der Waals surface area contributed by atoms with E-state index in [0.29, 0.717) is 34.0 Å². The molecule has 0 aliphatic carbocycles. The minimum absolute atomic E-state index is 0.123. The van der Waals surface area contributed by atoms with Crippen LogP contribution in [0.4, 0.5) is 35.9 Å². The van der Waals surface area contributed by atoms with E-state index in [1.807, 2.05) is 0 Å². The van der Waals surface area contributed by atoms with Gasteiger partial charge in [-0.3, -0.25) is 9.59 Å². The normalized spacial score (nSPS) is 14.4. The van der Waals surface area contributed by atoms with E-state index in [-0.39, 0.29) is 17.0 Å². The van der Waals surface area contributed by atoms with E-state index in [9.17, 15) is 22.8 Å². The average molecular weight is 452 g/mol. The molecule has 0 radical (unpaired) electrons. The summed E-state index contributed by atoms with van der Waals surface area (Å²) in [4.78, 5) is 24.9. The van der Waals surface area contributed by atoms with Crippen LogP contribution in [-0.4, -0.2) is 11.8 Å². The lowest BCUT2D eigenvalue weighted by Gasteiger charge is -2.12. The van der Waals surface area contributed by atoms with E-state index >= 15 is 0 Å². The first-order valence-electron chi connectivity index (χ1n) is 9.90. The maximum absolute atomic E-state index is 13.1. The molecule has 1 aliphatic heterocycles. The second-order valence-corrected chi connectivity index (χ2v) is 7.46. The van der Waals surface area contributed by atoms with Crippen LogP contribution >= 0.6 is 0 Å². The molecule has 0 bridgehead atoms. The van der Waals surface area contributed by atoms with E-state index < -0.39 is 17.6 Å². The number of hydrogen-bond donors (Lipinski definition) is 4. The van der Waals surface area contributed by atoms with Gasteiger partial charge in [0.25, 0.3) is 11.8 Å². The van der Waals surface area contributed by atoms with Gasteiger partial charge in [0.15, 0.2) is 0 Å². The predicted octanol–water partition coefficient (Wildman–Crippen LogP) is 5.34. The number of anilines is 4. The number of nitrogens with two attached hydrogens (primary N) is 1. The molecule has 0 aromatic heterocycles. The molecule has 6 nitrogen and oxygen atoms in total. The molecule has 0 saturated heterocycles. The monoisotopic (exact) mass is 452 g/mol. The molecule has 1 aliphatic rings. The van der Waals surface area contributed by atoms with Crippen LogP contribution in [-0.2, 0) is 11.0 Å². The van der Waals surface area contributed by atoms with Crippen LogP contribution in [0.1, 0.15) is 28.4 Å². The molecule has 9 heteroatoms. The van der Waals surface area contributed by atoms with Crippen LogP contribution in [0.25, 0.3) is 5.57 Å². The average Bonchev–Trinajstić information content (AvgIpc) is 3.10. The Hall–Kier alpha value is -4.27. The van der Waals surface area contributed by atoms with Crippen LogP contribution in [0, 0.1) is 0 Å². The van der Waals surface area contributed by atoms with Gasteiger partial charge in [-0.15, -0.1) is 0 Å². The lowest BCUT2D eigenvalue weighted by Crippen LogP contribution is -2.13. The van der Waals surface area contributed by atoms with E-state index in [2.05, 4.69) is 16.0 Å². The zero-order chi connectivity index (χ0) is 23.8. The van der Waals surface area contributed by atoms with Crippen molar-refractivity contribution in [2.24, 2.45) is 0 Å². The number of carbonyl (C=O) groups excluding carboxylic acids is 2. The molecule has 4 rings (SSSR count). The summed E-state index contributed by atoms with van der Waals surface area (Å²) in [6, 6.07) is 16.4.